The summed E-state index contributed by atoms with van der Waals surface area (Å²) in [5.41, 5.74) is 2.25. The number of para-hydroxylation sites is 1. The first-order valence-electron chi connectivity index (χ1n) is 9.80. The number of urea groups is 1. The molecule has 1 aliphatic carbocycles. The van der Waals surface area contributed by atoms with E-state index in [1.165, 1.54) is 6.92 Å². The lowest BCUT2D eigenvalue weighted by atomic mass is 10.2. The van der Waals surface area contributed by atoms with Crippen LogP contribution in [0, 0.1) is 13.8 Å². The van der Waals surface area contributed by atoms with Gasteiger partial charge in [-0.15, -0.1) is 0 Å². The number of hydrogen-bond acceptors (Lipinski definition) is 5. The second kappa shape index (κ2) is 8.89. The number of ether oxygens (including phenoxy) is 1. The highest BCUT2D eigenvalue weighted by Gasteiger charge is 2.26. The fourth-order valence-corrected chi connectivity index (χ4v) is 3.54. The third-order valence-electron chi connectivity index (χ3n) is 5.08. The topological polar surface area (TPSA) is 102 Å². The molecule has 29 heavy (non-hydrogen) atoms. The molecule has 154 valence electrons. The number of hydrogen-bond donors (Lipinski definition) is 2. The standard InChI is InChI=1S/C21H26N4O4/c1-13-18(14(2)25(24-13)17-11-5-4-6-12-17)20(27)29-15(3)19(26)23-21(28)22-16-9-7-8-10-16/h4-6,11-12,15-16H,7-10H2,1-3H3,(H2,22,23,26,28)/t15-/m0/s1. The second-order valence-electron chi connectivity index (χ2n) is 7.28. The summed E-state index contributed by atoms with van der Waals surface area (Å²) in [4.78, 5) is 36.8. The number of carbonyl (C=O) groups is 3. The van der Waals surface area contributed by atoms with E-state index in [0.29, 0.717) is 17.0 Å². The Labute approximate surface area is 169 Å². The Morgan fingerprint density at radius 2 is 1.79 bits per heavy atom. The first-order chi connectivity index (χ1) is 13.9. The van der Waals surface area contributed by atoms with E-state index in [4.69, 9.17) is 4.74 Å². The molecule has 1 heterocycles. The quantitative estimate of drug-likeness (QED) is 0.754. The van der Waals surface area contributed by atoms with E-state index in [1.807, 2.05) is 30.3 Å². The van der Waals surface area contributed by atoms with Gasteiger partial charge in [0.2, 0.25) is 0 Å². The zero-order valence-electron chi connectivity index (χ0n) is 16.9. The summed E-state index contributed by atoms with van der Waals surface area (Å²) >= 11 is 0. The molecular formula is C21H26N4O4. The maximum atomic E-state index is 12.7. The van der Waals surface area contributed by atoms with Crippen molar-refractivity contribution in [3.05, 3.63) is 47.3 Å². The van der Waals surface area contributed by atoms with E-state index in [9.17, 15) is 14.4 Å². The normalized spacial score (nSPS) is 15.0. The first-order valence-corrected chi connectivity index (χ1v) is 9.80. The van der Waals surface area contributed by atoms with Crippen LogP contribution in [0.25, 0.3) is 5.69 Å². The number of amides is 3. The van der Waals surface area contributed by atoms with Crippen molar-refractivity contribution >= 4 is 17.9 Å². The highest BCUT2D eigenvalue weighted by molar-refractivity contribution is 5.99. The van der Waals surface area contributed by atoms with Gasteiger partial charge in [-0.1, -0.05) is 31.0 Å². The first kappa shape index (κ1) is 20.6. The maximum absolute atomic E-state index is 12.7. The summed E-state index contributed by atoms with van der Waals surface area (Å²) in [6.45, 7) is 4.91. The number of benzene rings is 1. The van der Waals surface area contributed by atoms with Gasteiger partial charge in [0.1, 0.15) is 5.56 Å². The Bertz CT molecular complexity index is 901. The van der Waals surface area contributed by atoms with Crippen molar-refractivity contribution in [3.63, 3.8) is 0 Å². The molecule has 1 aromatic heterocycles. The van der Waals surface area contributed by atoms with Crippen LogP contribution < -0.4 is 10.6 Å². The number of esters is 1. The molecule has 0 radical (unpaired) electrons. The van der Waals surface area contributed by atoms with Crippen molar-refractivity contribution in [2.45, 2.75) is 58.6 Å². The number of nitrogens with zero attached hydrogens (tertiary/aromatic N) is 2. The molecule has 2 N–H and O–H groups in total. The summed E-state index contributed by atoms with van der Waals surface area (Å²) in [6.07, 6.45) is 2.85. The van der Waals surface area contributed by atoms with Crippen LogP contribution >= 0.6 is 0 Å². The van der Waals surface area contributed by atoms with Crippen LogP contribution in [0.5, 0.6) is 0 Å². The van der Waals surface area contributed by atoms with Crippen molar-refractivity contribution in [3.8, 4) is 5.69 Å². The average Bonchev–Trinajstić information content (AvgIpc) is 3.29. The van der Waals surface area contributed by atoms with Crippen molar-refractivity contribution in [2.75, 3.05) is 0 Å². The van der Waals surface area contributed by atoms with Crippen LogP contribution in [0.2, 0.25) is 0 Å². The summed E-state index contributed by atoms with van der Waals surface area (Å²) in [6, 6.07) is 8.96. The molecule has 8 heteroatoms. The van der Waals surface area contributed by atoms with Gasteiger partial charge in [0.25, 0.3) is 5.91 Å². The minimum atomic E-state index is -1.12. The molecule has 1 fully saturated rings. The number of carbonyl (C=O) groups excluding carboxylic acids is 3. The zero-order chi connectivity index (χ0) is 21.0. The zero-order valence-corrected chi connectivity index (χ0v) is 16.9. The van der Waals surface area contributed by atoms with Gasteiger partial charge in [-0.05, 0) is 45.7 Å². The minimum Gasteiger partial charge on any atom is -0.449 e. The van der Waals surface area contributed by atoms with Crippen LogP contribution in [0.4, 0.5) is 4.79 Å². The smallest absolute Gasteiger partial charge is 0.342 e. The molecule has 0 saturated heterocycles. The molecule has 0 aliphatic heterocycles. The van der Waals surface area contributed by atoms with Gasteiger partial charge < -0.3 is 10.1 Å². The Morgan fingerprint density at radius 3 is 2.45 bits per heavy atom. The molecule has 1 aromatic carbocycles. The van der Waals surface area contributed by atoms with Crippen molar-refractivity contribution in [1.29, 1.82) is 0 Å². The second-order valence-corrected chi connectivity index (χ2v) is 7.28. The van der Waals surface area contributed by atoms with Gasteiger partial charge in [-0.25, -0.2) is 14.3 Å². The molecule has 1 aliphatic rings. The van der Waals surface area contributed by atoms with E-state index in [0.717, 1.165) is 31.4 Å². The lowest BCUT2D eigenvalue weighted by Gasteiger charge is -2.15. The molecule has 1 atom stereocenters. The highest BCUT2D eigenvalue weighted by Crippen LogP contribution is 2.19. The van der Waals surface area contributed by atoms with Crippen LogP contribution in [0.15, 0.2) is 30.3 Å². The number of imide groups is 1. The van der Waals surface area contributed by atoms with E-state index in [1.54, 1.807) is 18.5 Å². The van der Waals surface area contributed by atoms with E-state index in [-0.39, 0.29) is 6.04 Å². The predicted molar refractivity (Wildman–Crippen MR) is 107 cm³/mol. The molecule has 2 aromatic rings. The monoisotopic (exact) mass is 398 g/mol. The van der Waals surface area contributed by atoms with Gasteiger partial charge in [0.15, 0.2) is 6.10 Å². The number of nitrogens with one attached hydrogen (secondary N) is 2. The lowest BCUT2D eigenvalue weighted by Crippen LogP contribution is -2.47. The summed E-state index contributed by atoms with van der Waals surface area (Å²) in [5.74, 6) is -1.32. The van der Waals surface area contributed by atoms with Gasteiger partial charge >= 0.3 is 12.0 Å². The largest absolute Gasteiger partial charge is 0.449 e. The van der Waals surface area contributed by atoms with Gasteiger partial charge in [-0.2, -0.15) is 5.10 Å². The van der Waals surface area contributed by atoms with E-state index < -0.39 is 24.0 Å². The van der Waals surface area contributed by atoms with E-state index in [2.05, 4.69) is 15.7 Å². The van der Waals surface area contributed by atoms with Crippen LogP contribution in [-0.2, 0) is 9.53 Å². The lowest BCUT2D eigenvalue weighted by molar-refractivity contribution is -0.127. The Kier molecular flexibility index (Phi) is 6.31. The fourth-order valence-electron chi connectivity index (χ4n) is 3.54. The number of rotatable bonds is 5. The van der Waals surface area contributed by atoms with Crippen molar-refractivity contribution in [2.24, 2.45) is 0 Å². The fraction of sp³-hybridized carbons (Fsp3) is 0.429. The third kappa shape index (κ3) is 4.82. The maximum Gasteiger partial charge on any atom is 0.342 e. The van der Waals surface area contributed by atoms with Gasteiger partial charge in [0.05, 0.1) is 17.1 Å². The molecule has 8 nitrogen and oxygen atoms in total. The van der Waals surface area contributed by atoms with E-state index >= 15 is 0 Å². The van der Waals surface area contributed by atoms with Crippen LogP contribution in [-0.4, -0.2) is 39.8 Å². The highest BCUT2D eigenvalue weighted by atomic mass is 16.5. The Balaban J connectivity index is 1.62. The minimum absolute atomic E-state index is 0.0924. The summed E-state index contributed by atoms with van der Waals surface area (Å²) < 4.78 is 6.95. The molecule has 0 bridgehead atoms. The van der Waals surface area contributed by atoms with Crippen LogP contribution in [0.3, 0.4) is 0 Å². The Morgan fingerprint density at radius 1 is 1.14 bits per heavy atom. The summed E-state index contributed by atoms with van der Waals surface area (Å²) in [5, 5.41) is 9.41. The molecular weight excluding hydrogens is 372 g/mol. The van der Waals surface area contributed by atoms with Crippen molar-refractivity contribution < 1.29 is 19.1 Å². The predicted octanol–water partition coefficient (Wildman–Crippen LogP) is 2.80. The van der Waals surface area contributed by atoms with Gasteiger partial charge in [0, 0.05) is 6.04 Å². The third-order valence-corrected chi connectivity index (χ3v) is 5.08. The molecule has 3 rings (SSSR count). The molecule has 0 unspecified atom stereocenters. The number of aryl methyl sites for hydroxylation is 1. The average molecular weight is 398 g/mol. The van der Waals surface area contributed by atoms with Crippen molar-refractivity contribution in [1.82, 2.24) is 20.4 Å². The van der Waals surface area contributed by atoms with Gasteiger partial charge in [-0.3, -0.25) is 10.1 Å². The SMILES string of the molecule is Cc1nn(-c2ccccc2)c(C)c1C(=O)O[C@@H](C)C(=O)NC(=O)NC1CCCC1. The summed E-state index contributed by atoms with van der Waals surface area (Å²) in [7, 11) is 0. The molecule has 3 amide bonds. The Hall–Kier alpha value is -3.16. The van der Waals surface area contributed by atoms with Crippen LogP contribution in [0.1, 0.15) is 54.4 Å². The number of aromatic nitrogens is 2. The molecule has 0 spiro atoms. The molecule has 1 saturated carbocycles.